The van der Waals surface area contributed by atoms with Crippen molar-refractivity contribution in [2.75, 3.05) is 13.6 Å². The Balaban J connectivity index is 1.99. The summed E-state index contributed by atoms with van der Waals surface area (Å²) in [6, 6.07) is 6.67. The van der Waals surface area contributed by atoms with Crippen molar-refractivity contribution in [3.63, 3.8) is 0 Å². The van der Waals surface area contributed by atoms with Crippen molar-refractivity contribution in [2.24, 2.45) is 0 Å². The van der Waals surface area contributed by atoms with Crippen LogP contribution in [0.4, 0.5) is 0 Å². The average molecular weight is 217 g/mol. The summed E-state index contributed by atoms with van der Waals surface area (Å²) in [4.78, 5) is 2.52. The number of hydrogen-bond acceptors (Lipinski definition) is 2. The molecular formula is C14H19NO. The fraction of sp³-hybridized carbons (Fsp3) is 0.571. The van der Waals surface area contributed by atoms with E-state index in [4.69, 9.17) is 0 Å². The summed E-state index contributed by atoms with van der Waals surface area (Å²) < 4.78 is 0. The zero-order valence-corrected chi connectivity index (χ0v) is 9.82. The van der Waals surface area contributed by atoms with Gasteiger partial charge in [0.1, 0.15) is 5.75 Å². The van der Waals surface area contributed by atoms with Crippen molar-refractivity contribution in [2.45, 2.75) is 37.6 Å². The monoisotopic (exact) mass is 217 g/mol. The second-order valence-corrected chi connectivity index (χ2v) is 5.22. The number of likely N-dealkylation sites (N-methyl/N-ethyl adjacent to an activating group) is 1. The molecule has 1 aromatic carbocycles. The smallest absolute Gasteiger partial charge is 0.115 e. The van der Waals surface area contributed by atoms with Crippen molar-refractivity contribution in [1.82, 2.24) is 4.90 Å². The number of likely N-dealkylation sites (tertiary alicyclic amines) is 1. The molecule has 1 heterocycles. The molecule has 0 aromatic heterocycles. The van der Waals surface area contributed by atoms with Gasteiger partial charge in [0.2, 0.25) is 0 Å². The van der Waals surface area contributed by atoms with Crippen LogP contribution in [-0.4, -0.2) is 29.6 Å². The summed E-state index contributed by atoms with van der Waals surface area (Å²) in [5, 5.41) is 9.53. The Morgan fingerprint density at radius 3 is 3.06 bits per heavy atom. The molecule has 86 valence electrons. The molecule has 1 aromatic rings. The first-order chi connectivity index (χ1) is 7.75. The van der Waals surface area contributed by atoms with Crippen LogP contribution < -0.4 is 0 Å². The lowest BCUT2D eigenvalue weighted by atomic mass is 9.74. The Labute approximate surface area is 96.9 Å². The molecule has 2 heteroatoms. The fourth-order valence-electron chi connectivity index (χ4n) is 3.48. The molecule has 0 amide bonds. The molecule has 3 rings (SSSR count). The average Bonchev–Trinajstić information content (AvgIpc) is 2.28. The normalized spacial score (nSPS) is 29.6. The van der Waals surface area contributed by atoms with Crippen molar-refractivity contribution >= 4 is 0 Å². The highest BCUT2D eigenvalue weighted by Crippen LogP contribution is 2.40. The molecule has 2 atom stereocenters. The molecule has 0 radical (unpaired) electrons. The molecule has 0 bridgehead atoms. The van der Waals surface area contributed by atoms with E-state index in [1.165, 1.54) is 36.9 Å². The Morgan fingerprint density at radius 2 is 2.19 bits per heavy atom. The first kappa shape index (κ1) is 10.2. The summed E-state index contributed by atoms with van der Waals surface area (Å²) in [6.07, 6.45) is 4.98. The van der Waals surface area contributed by atoms with Gasteiger partial charge in [-0.2, -0.15) is 0 Å². The minimum Gasteiger partial charge on any atom is -0.508 e. The van der Waals surface area contributed by atoms with Gasteiger partial charge in [-0.1, -0.05) is 6.07 Å². The van der Waals surface area contributed by atoms with Gasteiger partial charge in [-0.15, -0.1) is 0 Å². The SMILES string of the molecule is CN1CCC[C@H]2c3ccc(O)cc3CC[C@@H]21. The summed E-state index contributed by atoms with van der Waals surface area (Å²) in [5.74, 6) is 1.12. The van der Waals surface area contributed by atoms with Crippen molar-refractivity contribution in [1.29, 1.82) is 0 Å². The molecule has 1 saturated heterocycles. The van der Waals surface area contributed by atoms with Gasteiger partial charge in [0, 0.05) is 6.04 Å². The molecule has 1 aliphatic heterocycles. The predicted molar refractivity (Wildman–Crippen MR) is 64.8 cm³/mol. The number of fused-ring (bicyclic) bond motifs is 3. The van der Waals surface area contributed by atoms with E-state index in [1.807, 2.05) is 12.1 Å². The number of aryl methyl sites for hydroxylation is 1. The molecule has 2 nitrogen and oxygen atoms in total. The summed E-state index contributed by atoms with van der Waals surface area (Å²) >= 11 is 0. The first-order valence-electron chi connectivity index (χ1n) is 6.28. The lowest BCUT2D eigenvalue weighted by molar-refractivity contribution is 0.143. The first-order valence-corrected chi connectivity index (χ1v) is 6.28. The number of aromatic hydroxyl groups is 1. The van der Waals surface area contributed by atoms with Gasteiger partial charge in [0.15, 0.2) is 0 Å². The highest BCUT2D eigenvalue weighted by molar-refractivity contribution is 5.40. The second-order valence-electron chi connectivity index (χ2n) is 5.22. The van der Waals surface area contributed by atoms with Gasteiger partial charge in [0.25, 0.3) is 0 Å². The van der Waals surface area contributed by atoms with Crippen LogP contribution in [0.5, 0.6) is 5.75 Å². The van der Waals surface area contributed by atoms with Crippen LogP contribution >= 0.6 is 0 Å². The predicted octanol–water partition coefficient (Wildman–Crippen LogP) is 2.52. The van der Waals surface area contributed by atoms with Gasteiger partial charge in [-0.3, -0.25) is 0 Å². The number of benzene rings is 1. The minimum atomic E-state index is 0.418. The second kappa shape index (κ2) is 3.77. The van der Waals surface area contributed by atoms with Crippen molar-refractivity contribution in [3.05, 3.63) is 29.3 Å². The summed E-state index contributed by atoms with van der Waals surface area (Å²) in [7, 11) is 2.25. The lowest BCUT2D eigenvalue weighted by Gasteiger charge is -2.43. The van der Waals surface area contributed by atoms with Crippen LogP contribution in [0.2, 0.25) is 0 Å². The quantitative estimate of drug-likeness (QED) is 0.722. The van der Waals surface area contributed by atoms with Gasteiger partial charge in [-0.05, 0) is 68.5 Å². The third-order valence-corrected chi connectivity index (χ3v) is 4.29. The van der Waals surface area contributed by atoms with E-state index in [2.05, 4.69) is 18.0 Å². The number of piperidine rings is 1. The van der Waals surface area contributed by atoms with Crippen LogP contribution in [0, 0.1) is 0 Å². The van der Waals surface area contributed by atoms with Gasteiger partial charge < -0.3 is 10.0 Å². The highest BCUT2D eigenvalue weighted by Gasteiger charge is 2.34. The maximum Gasteiger partial charge on any atom is 0.115 e. The molecule has 16 heavy (non-hydrogen) atoms. The topological polar surface area (TPSA) is 23.5 Å². The molecule has 1 aliphatic carbocycles. The number of nitrogens with zero attached hydrogens (tertiary/aromatic N) is 1. The van der Waals surface area contributed by atoms with Crippen molar-refractivity contribution in [3.8, 4) is 5.75 Å². The molecule has 0 unspecified atom stereocenters. The molecule has 0 saturated carbocycles. The minimum absolute atomic E-state index is 0.418. The Hall–Kier alpha value is -1.02. The standard InChI is InChI=1S/C14H19NO/c1-15-8-2-3-13-12-6-5-11(16)9-10(12)4-7-14(13)15/h5-6,9,13-14,16H,2-4,7-8H2,1H3/t13-,14-/m0/s1. The molecule has 0 spiro atoms. The Kier molecular flexibility index (Phi) is 2.40. The van der Waals surface area contributed by atoms with Crippen LogP contribution in [-0.2, 0) is 6.42 Å². The number of hydrogen-bond donors (Lipinski definition) is 1. The van der Waals surface area contributed by atoms with E-state index in [0.717, 1.165) is 12.5 Å². The maximum atomic E-state index is 9.53. The van der Waals surface area contributed by atoms with E-state index >= 15 is 0 Å². The van der Waals surface area contributed by atoms with Crippen LogP contribution in [0.1, 0.15) is 36.3 Å². The lowest BCUT2D eigenvalue weighted by Crippen LogP contribution is -2.43. The van der Waals surface area contributed by atoms with E-state index in [-0.39, 0.29) is 0 Å². The third kappa shape index (κ3) is 1.52. The summed E-state index contributed by atoms with van der Waals surface area (Å²) in [5.41, 5.74) is 2.86. The maximum absolute atomic E-state index is 9.53. The van der Waals surface area contributed by atoms with E-state index in [1.54, 1.807) is 0 Å². The van der Waals surface area contributed by atoms with Crippen LogP contribution in [0.25, 0.3) is 0 Å². The number of phenolic OH excluding ortho intramolecular Hbond substituents is 1. The van der Waals surface area contributed by atoms with E-state index < -0.39 is 0 Å². The van der Waals surface area contributed by atoms with Crippen LogP contribution in [0.15, 0.2) is 18.2 Å². The van der Waals surface area contributed by atoms with E-state index in [9.17, 15) is 5.11 Å². The van der Waals surface area contributed by atoms with Gasteiger partial charge in [-0.25, -0.2) is 0 Å². The third-order valence-electron chi connectivity index (χ3n) is 4.29. The number of rotatable bonds is 0. The van der Waals surface area contributed by atoms with Crippen molar-refractivity contribution < 1.29 is 5.11 Å². The zero-order valence-electron chi connectivity index (χ0n) is 9.82. The number of phenols is 1. The molecule has 1 fully saturated rings. The molecule has 1 N–H and O–H groups in total. The Morgan fingerprint density at radius 1 is 1.31 bits per heavy atom. The molecule has 2 aliphatic rings. The summed E-state index contributed by atoms with van der Waals surface area (Å²) in [6.45, 7) is 1.24. The fourth-order valence-corrected chi connectivity index (χ4v) is 3.48. The Bertz CT molecular complexity index is 402. The van der Waals surface area contributed by atoms with Crippen LogP contribution in [0.3, 0.4) is 0 Å². The molecular weight excluding hydrogens is 198 g/mol. The van der Waals surface area contributed by atoms with Gasteiger partial charge in [0.05, 0.1) is 0 Å². The largest absolute Gasteiger partial charge is 0.508 e. The van der Waals surface area contributed by atoms with E-state index in [0.29, 0.717) is 11.7 Å². The zero-order chi connectivity index (χ0) is 11.1. The highest BCUT2D eigenvalue weighted by atomic mass is 16.3. The van der Waals surface area contributed by atoms with Gasteiger partial charge >= 0.3 is 0 Å².